The molecule has 2 N–H and O–H groups in total. The first kappa shape index (κ1) is 12.5. The Morgan fingerprint density at radius 3 is 2.27 bits per heavy atom. The molecular formula is C11H16BrNO2. The zero-order chi connectivity index (χ0) is 11.3. The van der Waals surface area contributed by atoms with Gasteiger partial charge in [-0.15, -0.1) is 0 Å². The lowest BCUT2D eigenvalue weighted by Crippen LogP contribution is -2.29. The number of aryl methyl sites for hydroxylation is 1. The third-order valence-electron chi connectivity index (χ3n) is 2.26. The van der Waals surface area contributed by atoms with Gasteiger partial charge in [-0.2, -0.15) is 0 Å². The zero-order valence-electron chi connectivity index (χ0n) is 8.78. The van der Waals surface area contributed by atoms with Gasteiger partial charge in [0.2, 0.25) is 0 Å². The third kappa shape index (κ3) is 3.48. The van der Waals surface area contributed by atoms with Gasteiger partial charge in [-0.1, -0.05) is 22.0 Å². The van der Waals surface area contributed by atoms with Gasteiger partial charge in [0, 0.05) is 23.2 Å². The number of nitrogens with zero attached hydrogens (tertiary/aromatic N) is 1. The Bertz CT molecular complexity index is 311. The van der Waals surface area contributed by atoms with Crippen molar-refractivity contribution < 1.29 is 10.2 Å². The highest BCUT2D eigenvalue weighted by molar-refractivity contribution is 9.10. The molecule has 4 heteroatoms. The second kappa shape index (κ2) is 6.10. The summed E-state index contributed by atoms with van der Waals surface area (Å²) in [5.74, 6) is 0. The molecule has 0 atom stereocenters. The van der Waals surface area contributed by atoms with E-state index in [-0.39, 0.29) is 13.2 Å². The average molecular weight is 274 g/mol. The largest absolute Gasteiger partial charge is 0.395 e. The van der Waals surface area contributed by atoms with Crippen LogP contribution in [-0.4, -0.2) is 36.5 Å². The summed E-state index contributed by atoms with van der Waals surface area (Å²) in [6.07, 6.45) is 0. The van der Waals surface area contributed by atoms with Crippen LogP contribution in [0.1, 0.15) is 5.56 Å². The summed E-state index contributed by atoms with van der Waals surface area (Å²) in [4.78, 5) is 1.95. The van der Waals surface area contributed by atoms with E-state index in [2.05, 4.69) is 15.9 Å². The maximum absolute atomic E-state index is 8.91. The Hall–Kier alpha value is -0.580. The molecule has 0 aliphatic heterocycles. The van der Waals surface area contributed by atoms with Crippen LogP contribution in [0.5, 0.6) is 0 Å². The molecule has 0 radical (unpaired) electrons. The summed E-state index contributed by atoms with van der Waals surface area (Å²) >= 11 is 3.46. The summed E-state index contributed by atoms with van der Waals surface area (Å²) in [5.41, 5.74) is 2.18. The van der Waals surface area contributed by atoms with E-state index in [0.29, 0.717) is 13.1 Å². The first-order valence-corrected chi connectivity index (χ1v) is 5.71. The lowest BCUT2D eigenvalue weighted by Gasteiger charge is -2.23. The van der Waals surface area contributed by atoms with Gasteiger partial charge in [-0.3, -0.25) is 0 Å². The Balaban J connectivity index is 2.85. The van der Waals surface area contributed by atoms with Gasteiger partial charge in [0.25, 0.3) is 0 Å². The minimum absolute atomic E-state index is 0.0888. The van der Waals surface area contributed by atoms with Crippen molar-refractivity contribution in [1.82, 2.24) is 0 Å². The normalized spacial score (nSPS) is 10.4. The van der Waals surface area contributed by atoms with E-state index < -0.39 is 0 Å². The van der Waals surface area contributed by atoms with Crippen molar-refractivity contribution in [2.45, 2.75) is 6.92 Å². The number of rotatable bonds is 5. The Labute approximate surface area is 98.5 Å². The quantitative estimate of drug-likeness (QED) is 0.856. The fourth-order valence-electron chi connectivity index (χ4n) is 1.39. The van der Waals surface area contributed by atoms with Crippen LogP contribution in [0.4, 0.5) is 5.69 Å². The molecule has 1 rings (SSSR count). The molecule has 0 bridgehead atoms. The maximum Gasteiger partial charge on any atom is 0.0606 e. The molecule has 0 heterocycles. The minimum atomic E-state index is 0.0888. The standard InChI is InChI=1S/C11H16BrNO2/c1-9-2-3-10(8-11(9)12)13(4-6-14)5-7-15/h2-3,8,14-15H,4-7H2,1H3. The van der Waals surface area contributed by atoms with Crippen molar-refractivity contribution in [2.75, 3.05) is 31.2 Å². The molecule has 1 aromatic rings. The SMILES string of the molecule is Cc1ccc(N(CCO)CCO)cc1Br. The van der Waals surface area contributed by atoms with Crippen LogP contribution in [0.2, 0.25) is 0 Å². The van der Waals surface area contributed by atoms with Gasteiger partial charge in [-0.25, -0.2) is 0 Å². The highest BCUT2D eigenvalue weighted by atomic mass is 79.9. The van der Waals surface area contributed by atoms with Gasteiger partial charge in [0.15, 0.2) is 0 Å². The molecule has 0 saturated carbocycles. The predicted molar refractivity (Wildman–Crippen MR) is 65.3 cm³/mol. The predicted octanol–water partition coefficient (Wildman–Crippen LogP) is 1.55. The van der Waals surface area contributed by atoms with Crippen LogP contribution in [0.15, 0.2) is 22.7 Å². The molecule has 0 fully saturated rings. The summed E-state index contributed by atoms with van der Waals surface area (Å²) in [5, 5.41) is 17.8. The van der Waals surface area contributed by atoms with Crippen LogP contribution >= 0.6 is 15.9 Å². The van der Waals surface area contributed by atoms with Crippen molar-refractivity contribution in [3.8, 4) is 0 Å². The van der Waals surface area contributed by atoms with Crippen LogP contribution in [0.25, 0.3) is 0 Å². The zero-order valence-corrected chi connectivity index (χ0v) is 10.4. The highest BCUT2D eigenvalue weighted by Crippen LogP contribution is 2.23. The number of hydrogen-bond donors (Lipinski definition) is 2. The summed E-state index contributed by atoms with van der Waals surface area (Å²) in [6.45, 7) is 3.28. The number of hydrogen-bond acceptors (Lipinski definition) is 3. The first-order chi connectivity index (χ1) is 7.19. The summed E-state index contributed by atoms with van der Waals surface area (Å²) < 4.78 is 1.04. The number of aliphatic hydroxyl groups is 2. The molecule has 0 saturated heterocycles. The van der Waals surface area contributed by atoms with Crippen LogP contribution < -0.4 is 4.90 Å². The molecular weight excluding hydrogens is 258 g/mol. The van der Waals surface area contributed by atoms with Crippen LogP contribution in [0, 0.1) is 6.92 Å². The van der Waals surface area contributed by atoms with E-state index in [9.17, 15) is 0 Å². The van der Waals surface area contributed by atoms with Gasteiger partial charge in [0.1, 0.15) is 0 Å². The molecule has 0 amide bonds. The minimum Gasteiger partial charge on any atom is -0.395 e. The van der Waals surface area contributed by atoms with E-state index in [1.54, 1.807) is 0 Å². The van der Waals surface area contributed by atoms with E-state index in [1.165, 1.54) is 5.56 Å². The monoisotopic (exact) mass is 273 g/mol. The smallest absolute Gasteiger partial charge is 0.0606 e. The van der Waals surface area contributed by atoms with Crippen molar-refractivity contribution in [3.63, 3.8) is 0 Å². The summed E-state index contributed by atoms with van der Waals surface area (Å²) in [6, 6.07) is 6.01. The lowest BCUT2D eigenvalue weighted by atomic mass is 10.2. The molecule has 3 nitrogen and oxygen atoms in total. The molecule has 0 unspecified atom stereocenters. The molecule has 84 valence electrons. The van der Waals surface area contributed by atoms with E-state index >= 15 is 0 Å². The van der Waals surface area contributed by atoms with Crippen molar-refractivity contribution in [2.24, 2.45) is 0 Å². The Kier molecular flexibility index (Phi) is 5.08. The van der Waals surface area contributed by atoms with Crippen LogP contribution in [-0.2, 0) is 0 Å². The molecule has 0 aromatic heterocycles. The fraction of sp³-hybridized carbons (Fsp3) is 0.455. The second-order valence-electron chi connectivity index (χ2n) is 3.37. The van der Waals surface area contributed by atoms with Crippen molar-refractivity contribution in [3.05, 3.63) is 28.2 Å². The lowest BCUT2D eigenvalue weighted by molar-refractivity contribution is 0.281. The van der Waals surface area contributed by atoms with Crippen molar-refractivity contribution in [1.29, 1.82) is 0 Å². The van der Waals surface area contributed by atoms with E-state index in [1.807, 2.05) is 30.0 Å². The average Bonchev–Trinajstić information content (AvgIpc) is 2.22. The van der Waals surface area contributed by atoms with Crippen LogP contribution in [0.3, 0.4) is 0 Å². The number of aliphatic hydroxyl groups excluding tert-OH is 2. The molecule has 0 aliphatic rings. The number of anilines is 1. The molecule has 15 heavy (non-hydrogen) atoms. The van der Waals surface area contributed by atoms with Gasteiger partial charge >= 0.3 is 0 Å². The molecule has 0 aliphatic carbocycles. The number of halogens is 1. The van der Waals surface area contributed by atoms with Gasteiger partial charge in [-0.05, 0) is 24.6 Å². The van der Waals surface area contributed by atoms with Gasteiger partial charge in [0.05, 0.1) is 13.2 Å². The first-order valence-electron chi connectivity index (χ1n) is 4.92. The van der Waals surface area contributed by atoms with Crippen molar-refractivity contribution >= 4 is 21.6 Å². The topological polar surface area (TPSA) is 43.7 Å². The Morgan fingerprint density at radius 2 is 1.80 bits per heavy atom. The molecule has 1 aromatic carbocycles. The van der Waals surface area contributed by atoms with E-state index in [4.69, 9.17) is 10.2 Å². The Morgan fingerprint density at radius 1 is 1.20 bits per heavy atom. The summed E-state index contributed by atoms with van der Waals surface area (Å²) in [7, 11) is 0. The second-order valence-corrected chi connectivity index (χ2v) is 4.22. The fourth-order valence-corrected chi connectivity index (χ4v) is 1.76. The number of benzene rings is 1. The third-order valence-corrected chi connectivity index (χ3v) is 3.11. The maximum atomic E-state index is 8.91. The highest BCUT2D eigenvalue weighted by Gasteiger charge is 2.06. The molecule has 0 spiro atoms. The van der Waals surface area contributed by atoms with E-state index in [0.717, 1.165) is 10.2 Å². The van der Waals surface area contributed by atoms with Gasteiger partial charge < -0.3 is 15.1 Å².